The van der Waals surface area contributed by atoms with Gasteiger partial charge in [0, 0.05) is 29.1 Å². The summed E-state index contributed by atoms with van der Waals surface area (Å²) in [6.07, 6.45) is 1.43. The lowest BCUT2D eigenvalue weighted by molar-refractivity contribution is 0.0919. The predicted octanol–water partition coefficient (Wildman–Crippen LogP) is 3.68. The molecule has 0 saturated carbocycles. The van der Waals surface area contributed by atoms with Crippen LogP contribution < -0.4 is 16.5 Å². The molecule has 1 amide bonds. The van der Waals surface area contributed by atoms with Gasteiger partial charge in [-0.1, -0.05) is 43.6 Å². The van der Waals surface area contributed by atoms with Gasteiger partial charge < -0.3 is 15.5 Å². The molecule has 148 valence electrons. The number of thiocarbonyl (C=S) groups is 1. The van der Waals surface area contributed by atoms with E-state index in [1.165, 1.54) is 0 Å². The summed E-state index contributed by atoms with van der Waals surface area (Å²) < 4.78 is 5.97. The third-order valence-corrected chi connectivity index (χ3v) is 5.16. The van der Waals surface area contributed by atoms with E-state index in [0.717, 1.165) is 34.6 Å². The molecule has 0 saturated heterocycles. The molecule has 6 nitrogen and oxygen atoms in total. The Morgan fingerprint density at radius 3 is 2.75 bits per heavy atom. The highest BCUT2D eigenvalue weighted by Gasteiger charge is 2.36. The number of carbonyl (C=O) groups excluding carboxylic acids is 1. The molecule has 0 spiro atoms. The first kappa shape index (κ1) is 20.4. The van der Waals surface area contributed by atoms with Gasteiger partial charge in [0.25, 0.3) is 5.91 Å². The average molecular weight is 419 g/mol. The van der Waals surface area contributed by atoms with Crippen LogP contribution in [0.2, 0.25) is 5.02 Å². The third kappa shape index (κ3) is 4.36. The summed E-state index contributed by atoms with van der Waals surface area (Å²) in [5.41, 5.74) is 11.3. The average Bonchev–Trinajstić information content (AvgIpc) is 2.94. The molecule has 0 bridgehead atoms. The number of benzene rings is 1. The quantitative estimate of drug-likeness (QED) is 0.520. The second-order valence-corrected chi connectivity index (χ2v) is 8.53. The Morgan fingerprint density at radius 1 is 1.36 bits per heavy atom. The van der Waals surface area contributed by atoms with Crippen LogP contribution >= 0.6 is 23.8 Å². The SMILES string of the molecule is Cc1c(C(=O)NCc2ccccc2Cl)oc2c1/C(=N\NC(N)=S)CC(C)(C)C2. The van der Waals surface area contributed by atoms with Crippen molar-refractivity contribution >= 4 is 40.6 Å². The summed E-state index contributed by atoms with van der Waals surface area (Å²) in [4.78, 5) is 12.8. The number of carbonyl (C=O) groups is 1. The predicted molar refractivity (Wildman–Crippen MR) is 115 cm³/mol. The minimum Gasteiger partial charge on any atom is -0.455 e. The van der Waals surface area contributed by atoms with Crippen LogP contribution in [-0.2, 0) is 13.0 Å². The topological polar surface area (TPSA) is 92.6 Å². The normalized spacial score (nSPS) is 16.5. The summed E-state index contributed by atoms with van der Waals surface area (Å²) in [5, 5.41) is 7.93. The number of hydrogen-bond donors (Lipinski definition) is 3. The Kier molecular flexibility index (Phi) is 5.76. The number of fused-ring (bicyclic) bond motifs is 1. The van der Waals surface area contributed by atoms with Crippen LogP contribution in [0, 0.1) is 12.3 Å². The highest BCUT2D eigenvalue weighted by molar-refractivity contribution is 7.80. The Hall–Kier alpha value is -2.38. The van der Waals surface area contributed by atoms with Crippen LogP contribution in [0.3, 0.4) is 0 Å². The molecule has 0 atom stereocenters. The Balaban J connectivity index is 1.88. The number of nitrogens with one attached hydrogen (secondary N) is 2. The summed E-state index contributed by atoms with van der Waals surface area (Å²) in [6.45, 7) is 6.43. The van der Waals surface area contributed by atoms with Crippen molar-refractivity contribution in [1.29, 1.82) is 0 Å². The molecule has 4 N–H and O–H groups in total. The van der Waals surface area contributed by atoms with Gasteiger partial charge in [0.15, 0.2) is 10.9 Å². The highest BCUT2D eigenvalue weighted by atomic mass is 35.5. The fraction of sp³-hybridized carbons (Fsp3) is 0.350. The highest BCUT2D eigenvalue weighted by Crippen LogP contribution is 2.38. The summed E-state index contributed by atoms with van der Waals surface area (Å²) >= 11 is 11.0. The maximum atomic E-state index is 12.8. The molecule has 0 unspecified atom stereocenters. The molecular weight excluding hydrogens is 396 g/mol. The lowest BCUT2D eigenvalue weighted by atomic mass is 9.75. The number of rotatable bonds is 4. The van der Waals surface area contributed by atoms with Gasteiger partial charge in [-0.2, -0.15) is 5.10 Å². The van der Waals surface area contributed by atoms with Crippen molar-refractivity contribution in [1.82, 2.24) is 10.7 Å². The number of hydrogen-bond acceptors (Lipinski definition) is 4. The molecule has 0 radical (unpaired) electrons. The Labute approximate surface area is 174 Å². The number of amides is 1. The van der Waals surface area contributed by atoms with E-state index in [1.807, 2.05) is 25.1 Å². The molecule has 1 aromatic heterocycles. The van der Waals surface area contributed by atoms with E-state index in [0.29, 0.717) is 18.0 Å². The fourth-order valence-electron chi connectivity index (χ4n) is 3.45. The molecule has 2 aromatic rings. The summed E-state index contributed by atoms with van der Waals surface area (Å²) in [6, 6.07) is 7.39. The molecule has 3 rings (SSSR count). The van der Waals surface area contributed by atoms with Gasteiger partial charge in [-0.25, -0.2) is 0 Å². The zero-order chi connectivity index (χ0) is 20.5. The molecule has 0 fully saturated rings. The number of hydrazone groups is 1. The largest absolute Gasteiger partial charge is 0.455 e. The van der Waals surface area contributed by atoms with Crippen molar-refractivity contribution in [3.05, 3.63) is 57.5 Å². The van der Waals surface area contributed by atoms with Gasteiger partial charge in [-0.05, 0) is 42.6 Å². The van der Waals surface area contributed by atoms with Crippen LogP contribution in [0.5, 0.6) is 0 Å². The molecular formula is C20H23ClN4O2S. The number of nitrogens with two attached hydrogens (primary N) is 1. The van der Waals surface area contributed by atoms with Gasteiger partial charge in [-0.15, -0.1) is 0 Å². The lowest BCUT2D eigenvalue weighted by Crippen LogP contribution is -2.31. The van der Waals surface area contributed by atoms with Crippen molar-refractivity contribution in [3.63, 3.8) is 0 Å². The molecule has 0 aliphatic heterocycles. The second kappa shape index (κ2) is 7.93. The van der Waals surface area contributed by atoms with Crippen molar-refractivity contribution in [3.8, 4) is 0 Å². The summed E-state index contributed by atoms with van der Waals surface area (Å²) in [5.74, 6) is 0.754. The molecule has 28 heavy (non-hydrogen) atoms. The van der Waals surface area contributed by atoms with Crippen molar-refractivity contribution in [2.75, 3.05) is 0 Å². The smallest absolute Gasteiger partial charge is 0.287 e. The maximum absolute atomic E-state index is 12.8. The lowest BCUT2D eigenvalue weighted by Gasteiger charge is -2.29. The summed E-state index contributed by atoms with van der Waals surface area (Å²) in [7, 11) is 0. The van der Waals surface area contributed by atoms with Crippen molar-refractivity contribution in [2.45, 2.75) is 40.2 Å². The van der Waals surface area contributed by atoms with Gasteiger partial charge in [0.1, 0.15) is 5.76 Å². The molecule has 1 aliphatic rings. The van der Waals surface area contributed by atoms with Gasteiger partial charge in [-0.3, -0.25) is 10.2 Å². The van der Waals surface area contributed by atoms with Crippen LogP contribution in [0.1, 0.15) is 53.3 Å². The van der Waals surface area contributed by atoms with Crippen LogP contribution in [-0.4, -0.2) is 16.7 Å². The van der Waals surface area contributed by atoms with Gasteiger partial charge >= 0.3 is 0 Å². The third-order valence-electron chi connectivity index (χ3n) is 4.70. The van der Waals surface area contributed by atoms with E-state index in [1.54, 1.807) is 6.07 Å². The maximum Gasteiger partial charge on any atom is 0.287 e. The number of nitrogens with zero attached hydrogens (tertiary/aromatic N) is 1. The van der Waals surface area contributed by atoms with Gasteiger partial charge in [0.05, 0.1) is 5.71 Å². The monoisotopic (exact) mass is 418 g/mol. The molecule has 8 heteroatoms. The van der Waals surface area contributed by atoms with E-state index in [2.05, 4.69) is 29.7 Å². The molecule has 1 aromatic carbocycles. The van der Waals surface area contributed by atoms with Crippen LogP contribution in [0.25, 0.3) is 0 Å². The minimum absolute atomic E-state index is 0.0562. The minimum atomic E-state index is -0.286. The number of halogens is 1. The van der Waals surface area contributed by atoms with Gasteiger partial charge in [0.2, 0.25) is 0 Å². The van der Waals surface area contributed by atoms with Crippen molar-refractivity contribution < 1.29 is 9.21 Å². The zero-order valence-electron chi connectivity index (χ0n) is 16.1. The second-order valence-electron chi connectivity index (χ2n) is 7.68. The number of furan rings is 1. The Bertz CT molecular complexity index is 965. The van der Waals surface area contributed by atoms with E-state index >= 15 is 0 Å². The van der Waals surface area contributed by atoms with E-state index in [9.17, 15) is 4.79 Å². The van der Waals surface area contributed by atoms with E-state index < -0.39 is 0 Å². The fourth-order valence-corrected chi connectivity index (χ4v) is 3.69. The van der Waals surface area contributed by atoms with Crippen LogP contribution in [0.15, 0.2) is 33.8 Å². The first-order valence-electron chi connectivity index (χ1n) is 8.94. The first-order valence-corrected chi connectivity index (χ1v) is 9.73. The van der Waals surface area contributed by atoms with E-state index in [-0.39, 0.29) is 22.2 Å². The first-order chi connectivity index (χ1) is 13.2. The van der Waals surface area contributed by atoms with Crippen LogP contribution in [0.4, 0.5) is 0 Å². The molecule has 1 heterocycles. The van der Waals surface area contributed by atoms with E-state index in [4.69, 9.17) is 34.0 Å². The molecule has 1 aliphatic carbocycles. The van der Waals surface area contributed by atoms with Crippen molar-refractivity contribution in [2.24, 2.45) is 16.3 Å². The zero-order valence-corrected chi connectivity index (χ0v) is 17.6. The Morgan fingerprint density at radius 2 is 2.07 bits per heavy atom. The standard InChI is InChI=1S/C20H23ClN4O2S/c1-11-16-14(24-25-19(22)28)8-20(2,3)9-15(16)27-17(11)18(26)23-10-12-6-4-5-7-13(12)21/h4-7H,8-10H2,1-3H3,(H,23,26)(H3,22,25,28)/b24-14-.